The van der Waals surface area contributed by atoms with Gasteiger partial charge < -0.3 is 25.0 Å². The summed E-state index contributed by atoms with van der Waals surface area (Å²) in [4.78, 5) is 53.7. The minimum Gasteiger partial charge on any atom is -0.468 e. The number of hydrogen-bond donors (Lipinski definition) is 2. The average Bonchev–Trinajstić information content (AvgIpc) is 2.78. The molecule has 2 rings (SSSR count). The first-order valence-electron chi connectivity index (χ1n) is 13.1. The van der Waals surface area contributed by atoms with Crippen LogP contribution < -0.4 is 10.6 Å². The monoisotopic (exact) mass is 517 g/mol. The van der Waals surface area contributed by atoms with E-state index in [1.807, 2.05) is 45.0 Å². The van der Waals surface area contributed by atoms with Crippen molar-refractivity contribution in [3.63, 3.8) is 0 Å². The van der Waals surface area contributed by atoms with E-state index in [1.54, 1.807) is 25.7 Å². The molecule has 37 heavy (non-hydrogen) atoms. The first kappa shape index (κ1) is 30.1. The highest BCUT2D eigenvalue weighted by atomic mass is 16.6. The Bertz CT molecular complexity index is 934. The molecule has 1 saturated carbocycles. The second-order valence-corrected chi connectivity index (χ2v) is 11.0. The van der Waals surface area contributed by atoms with Crippen molar-refractivity contribution in [2.45, 2.75) is 97.4 Å². The van der Waals surface area contributed by atoms with Gasteiger partial charge in [0.05, 0.1) is 7.11 Å². The Balaban J connectivity index is 2.47. The summed E-state index contributed by atoms with van der Waals surface area (Å²) in [7, 11) is 1.25. The maximum atomic E-state index is 14.1. The highest BCUT2D eigenvalue weighted by Crippen LogP contribution is 2.34. The van der Waals surface area contributed by atoms with Crippen LogP contribution in [0, 0.1) is 5.92 Å². The molecule has 206 valence electrons. The summed E-state index contributed by atoms with van der Waals surface area (Å²) in [5.41, 5.74) is 1.02. The summed E-state index contributed by atoms with van der Waals surface area (Å²) in [6.07, 6.45) is 2.97. The van der Waals surface area contributed by atoms with Gasteiger partial charge in [0.25, 0.3) is 0 Å². The van der Waals surface area contributed by atoms with Crippen molar-refractivity contribution < 1.29 is 28.7 Å². The molecule has 3 amide bonds. The summed E-state index contributed by atoms with van der Waals surface area (Å²) in [6, 6.07) is 5.55. The van der Waals surface area contributed by atoms with E-state index in [-0.39, 0.29) is 24.4 Å². The van der Waals surface area contributed by atoms with E-state index in [2.05, 4.69) is 15.4 Å². The van der Waals surface area contributed by atoms with Crippen LogP contribution in [0.3, 0.4) is 0 Å². The van der Waals surface area contributed by atoms with Crippen molar-refractivity contribution in [3.8, 4) is 0 Å². The third-order valence-corrected chi connectivity index (χ3v) is 6.28. The molecule has 1 aromatic carbocycles. The van der Waals surface area contributed by atoms with Gasteiger partial charge in [-0.25, -0.2) is 4.79 Å². The molecule has 2 unspecified atom stereocenters. The topological polar surface area (TPSA) is 114 Å². The van der Waals surface area contributed by atoms with Crippen LogP contribution in [0.25, 0.3) is 0 Å². The zero-order valence-corrected chi connectivity index (χ0v) is 23.3. The van der Waals surface area contributed by atoms with Gasteiger partial charge in [0.15, 0.2) is 0 Å². The summed E-state index contributed by atoms with van der Waals surface area (Å²) < 4.78 is 10.1. The van der Waals surface area contributed by atoms with Gasteiger partial charge >= 0.3 is 12.1 Å². The van der Waals surface area contributed by atoms with Crippen molar-refractivity contribution in [2.24, 2.45) is 5.92 Å². The first-order chi connectivity index (χ1) is 17.4. The number of carbonyl (C=O) groups is 4. The molecule has 0 aromatic heterocycles. The lowest BCUT2D eigenvalue weighted by Crippen LogP contribution is -2.58. The number of benzene rings is 1. The maximum Gasteiger partial charge on any atom is 0.408 e. The second kappa shape index (κ2) is 13.4. The number of carbonyl (C=O) groups excluding carboxylic acids is 4. The van der Waals surface area contributed by atoms with E-state index in [9.17, 15) is 19.2 Å². The molecule has 1 fully saturated rings. The van der Waals surface area contributed by atoms with Crippen LogP contribution in [0.4, 0.5) is 4.79 Å². The molecule has 0 heterocycles. The lowest BCUT2D eigenvalue weighted by Gasteiger charge is -2.43. The normalized spacial score (nSPS) is 15.2. The number of aryl methyl sites for hydroxylation is 1. The Kier molecular flexibility index (Phi) is 10.9. The summed E-state index contributed by atoms with van der Waals surface area (Å²) in [5.74, 6) is -1.31. The molecule has 0 saturated heterocycles. The molecule has 2 N–H and O–H groups in total. The number of alkyl carbamates (subject to hydrolysis) is 1. The fourth-order valence-corrected chi connectivity index (χ4v) is 4.21. The lowest BCUT2D eigenvalue weighted by molar-refractivity contribution is -0.148. The van der Waals surface area contributed by atoms with Gasteiger partial charge in [-0.2, -0.15) is 0 Å². The van der Waals surface area contributed by atoms with Crippen LogP contribution in [0.1, 0.15) is 84.4 Å². The van der Waals surface area contributed by atoms with Gasteiger partial charge in [0.2, 0.25) is 11.8 Å². The number of nitrogens with one attached hydrogen (secondary N) is 2. The van der Waals surface area contributed by atoms with Crippen molar-refractivity contribution in [3.05, 3.63) is 35.4 Å². The van der Waals surface area contributed by atoms with Gasteiger partial charge in [-0.1, -0.05) is 45.0 Å². The van der Waals surface area contributed by atoms with E-state index in [0.717, 1.165) is 31.2 Å². The zero-order valence-electron chi connectivity index (χ0n) is 23.3. The van der Waals surface area contributed by atoms with Gasteiger partial charge in [0.1, 0.15) is 24.2 Å². The number of amides is 3. The number of ether oxygens (including phenoxy) is 2. The molecule has 0 radical (unpaired) electrons. The van der Waals surface area contributed by atoms with E-state index >= 15 is 0 Å². The average molecular weight is 518 g/mol. The fraction of sp³-hybridized carbons (Fsp3) is 0.643. The molecule has 9 nitrogen and oxygen atoms in total. The minimum absolute atomic E-state index is 0.0996. The third-order valence-electron chi connectivity index (χ3n) is 6.28. The molecule has 1 aliphatic carbocycles. The lowest BCUT2D eigenvalue weighted by atomic mass is 9.87. The molecule has 2 atom stereocenters. The Morgan fingerprint density at radius 3 is 2.16 bits per heavy atom. The van der Waals surface area contributed by atoms with Gasteiger partial charge in [-0.05, 0) is 69.9 Å². The smallest absolute Gasteiger partial charge is 0.408 e. The van der Waals surface area contributed by atoms with Crippen LogP contribution in [0.5, 0.6) is 0 Å². The fourth-order valence-electron chi connectivity index (χ4n) is 4.21. The molecular weight excluding hydrogens is 474 g/mol. The molecule has 1 aromatic rings. The Morgan fingerprint density at radius 2 is 1.70 bits per heavy atom. The molecule has 1 aliphatic rings. The SMILES string of the molecule is CCc1ccc(C(C(=O)NCC(=O)OC)N(C(=O)C(CC(C)C)NC(=O)OC(C)(C)C)C2CCC2)cc1. The van der Waals surface area contributed by atoms with Crippen LogP contribution >= 0.6 is 0 Å². The maximum absolute atomic E-state index is 14.1. The van der Waals surface area contributed by atoms with Gasteiger partial charge in [-0.15, -0.1) is 0 Å². The van der Waals surface area contributed by atoms with E-state index < -0.39 is 35.7 Å². The van der Waals surface area contributed by atoms with Crippen LogP contribution in [-0.4, -0.2) is 60.1 Å². The van der Waals surface area contributed by atoms with Crippen molar-refractivity contribution >= 4 is 23.9 Å². The largest absolute Gasteiger partial charge is 0.468 e. The van der Waals surface area contributed by atoms with Crippen molar-refractivity contribution in [1.82, 2.24) is 15.5 Å². The Labute approximate surface area is 220 Å². The second-order valence-electron chi connectivity index (χ2n) is 11.0. The summed E-state index contributed by atoms with van der Waals surface area (Å²) in [6.45, 7) is 10.9. The molecular formula is C28H43N3O6. The summed E-state index contributed by atoms with van der Waals surface area (Å²) in [5, 5.41) is 5.38. The predicted octanol–water partition coefficient (Wildman–Crippen LogP) is 3.90. The predicted molar refractivity (Wildman–Crippen MR) is 141 cm³/mol. The van der Waals surface area contributed by atoms with E-state index in [1.165, 1.54) is 7.11 Å². The number of nitrogens with zero attached hydrogens (tertiary/aromatic N) is 1. The Morgan fingerprint density at radius 1 is 1.08 bits per heavy atom. The number of esters is 1. The first-order valence-corrected chi connectivity index (χ1v) is 13.1. The van der Waals surface area contributed by atoms with E-state index in [0.29, 0.717) is 12.0 Å². The molecule has 0 bridgehead atoms. The number of methoxy groups -OCH3 is 1. The summed E-state index contributed by atoms with van der Waals surface area (Å²) >= 11 is 0. The third kappa shape index (κ3) is 9.05. The minimum atomic E-state index is -0.969. The number of hydrogen-bond acceptors (Lipinski definition) is 6. The zero-order chi connectivity index (χ0) is 27.8. The van der Waals surface area contributed by atoms with E-state index in [4.69, 9.17) is 4.74 Å². The van der Waals surface area contributed by atoms with Crippen LogP contribution in [0.15, 0.2) is 24.3 Å². The number of rotatable bonds is 11. The van der Waals surface area contributed by atoms with Crippen molar-refractivity contribution in [1.29, 1.82) is 0 Å². The van der Waals surface area contributed by atoms with Crippen molar-refractivity contribution in [2.75, 3.05) is 13.7 Å². The standard InChI is InChI=1S/C28H43N3O6/c1-8-19-12-14-20(15-13-19)24(25(33)29-17-23(32)36-7)31(21-10-9-11-21)26(34)22(16-18(2)3)30-27(35)37-28(4,5)6/h12-15,18,21-22,24H,8-11,16-17H2,1-7H3,(H,29,33)(H,30,35). The van der Waals surface area contributed by atoms with Gasteiger partial charge in [0, 0.05) is 6.04 Å². The van der Waals surface area contributed by atoms with Crippen LogP contribution in [0.2, 0.25) is 0 Å². The quantitative estimate of drug-likeness (QED) is 0.431. The van der Waals surface area contributed by atoms with Crippen LogP contribution in [-0.2, 0) is 30.3 Å². The highest BCUT2D eigenvalue weighted by molar-refractivity contribution is 5.93. The molecule has 0 aliphatic heterocycles. The Hall–Kier alpha value is -3.10. The highest BCUT2D eigenvalue weighted by Gasteiger charge is 2.42. The van der Waals surface area contributed by atoms with Gasteiger partial charge in [-0.3, -0.25) is 14.4 Å². The molecule has 9 heteroatoms. The molecule has 0 spiro atoms.